The first-order valence-corrected chi connectivity index (χ1v) is 11.1. The molecule has 0 bridgehead atoms. The molecule has 2 saturated heterocycles. The number of amides is 2. The Morgan fingerprint density at radius 3 is 2.38 bits per heavy atom. The number of nitriles is 1. The number of carbonyl (C=O) groups is 2. The number of rotatable bonds is 4. The van der Waals surface area contributed by atoms with Crippen LogP contribution in [0.5, 0.6) is 0 Å². The van der Waals surface area contributed by atoms with Crippen LogP contribution in [0.2, 0.25) is 0 Å². The number of nitrogens with one attached hydrogen (secondary N) is 1. The van der Waals surface area contributed by atoms with Crippen LogP contribution < -0.4 is 10.2 Å². The SMILES string of the molecule is CNC(=O)[C@@H]1CN(c2ccc(C#N)c(C(F)(F)F)c2)C[C@H]1C1CCN(C(=O)C2CC2)CC1. The monoisotopic (exact) mass is 448 g/mol. The summed E-state index contributed by atoms with van der Waals surface area (Å²) in [5.41, 5.74) is -0.994. The molecule has 6 nitrogen and oxygen atoms in total. The Hall–Kier alpha value is -2.76. The Morgan fingerprint density at radius 1 is 1.12 bits per heavy atom. The summed E-state index contributed by atoms with van der Waals surface area (Å²) in [4.78, 5) is 28.7. The van der Waals surface area contributed by atoms with E-state index in [9.17, 15) is 22.8 Å². The van der Waals surface area contributed by atoms with Crippen molar-refractivity contribution in [2.45, 2.75) is 31.9 Å². The van der Waals surface area contributed by atoms with Gasteiger partial charge in [0.25, 0.3) is 0 Å². The van der Waals surface area contributed by atoms with Gasteiger partial charge in [-0.05, 0) is 55.7 Å². The summed E-state index contributed by atoms with van der Waals surface area (Å²) in [5.74, 6) is 0.200. The normalized spacial score (nSPS) is 24.3. The fraction of sp³-hybridized carbons (Fsp3) is 0.609. The number of nitrogens with zero attached hydrogens (tertiary/aromatic N) is 3. The highest BCUT2D eigenvalue weighted by Crippen LogP contribution is 2.41. The van der Waals surface area contributed by atoms with Gasteiger partial charge in [0.2, 0.25) is 11.8 Å². The zero-order valence-electron chi connectivity index (χ0n) is 18.0. The lowest BCUT2D eigenvalue weighted by Gasteiger charge is -2.36. The summed E-state index contributed by atoms with van der Waals surface area (Å²) in [5, 5.41) is 11.7. The Kier molecular flexibility index (Phi) is 6.06. The zero-order chi connectivity index (χ0) is 23.0. The Bertz CT molecular complexity index is 930. The van der Waals surface area contributed by atoms with E-state index in [4.69, 9.17) is 5.26 Å². The molecule has 1 aliphatic carbocycles. The van der Waals surface area contributed by atoms with Gasteiger partial charge in [0.05, 0.1) is 23.1 Å². The van der Waals surface area contributed by atoms with Crippen LogP contribution in [0, 0.1) is 35.0 Å². The van der Waals surface area contributed by atoms with Gasteiger partial charge in [-0.1, -0.05) is 0 Å². The third kappa shape index (κ3) is 4.41. The fourth-order valence-corrected chi connectivity index (χ4v) is 5.18. The van der Waals surface area contributed by atoms with Gasteiger partial charge in [-0.2, -0.15) is 18.4 Å². The molecule has 2 amide bonds. The minimum Gasteiger partial charge on any atom is -0.370 e. The maximum absolute atomic E-state index is 13.4. The average Bonchev–Trinajstić information content (AvgIpc) is 3.55. The number of hydrogen-bond donors (Lipinski definition) is 1. The second-order valence-electron chi connectivity index (χ2n) is 9.07. The molecule has 0 aromatic heterocycles. The molecule has 2 atom stereocenters. The molecule has 1 N–H and O–H groups in total. The largest absolute Gasteiger partial charge is 0.417 e. The van der Waals surface area contributed by atoms with E-state index < -0.39 is 17.3 Å². The quantitative estimate of drug-likeness (QED) is 0.768. The lowest BCUT2D eigenvalue weighted by molar-refractivity contribution is -0.137. The maximum atomic E-state index is 13.4. The van der Waals surface area contributed by atoms with Crippen molar-refractivity contribution in [2.24, 2.45) is 23.7 Å². The molecular formula is C23H27F3N4O2. The predicted octanol–water partition coefficient (Wildman–Crippen LogP) is 3.02. The van der Waals surface area contributed by atoms with Crippen molar-refractivity contribution in [2.75, 3.05) is 38.1 Å². The molecule has 3 aliphatic rings. The molecule has 2 aliphatic heterocycles. The van der Waals surface area contributed by atoms with E-state index in [0.29, 0.717) is 31.9 Å². The smallest absolute Gasteiger partial charge is 0.370 e. The van der Waals surface area contributed by atoms with Crippen LogP contribution in [-0.4, -0.2) is 49.9 Å². The minimum absolute atomic E-state index is 0.00175. The number of piperidine rings is 1. The van der Waals surface area contributed by atoms with Gasteiger partial charge in [0, 0.05) is 44.8 Å². The highest BCUT2D eigenvalue weighted by Gasteiger charge is 2.44. The van der Waals surface area contributed by atoms with E-state index in [1.54, 1.807) is 13.1 Å². The van der Waals surface area contributed by atoms with Crippen LogP contribution in [0.15, 0.2) is 18.2 Å². The standard InChI is InChI=1S/C23H27F3N4O2/c1-28-21(31)19-13-30(17-5-4-16(11-27)20(10-17)23(24,25)26)12-18(19)14-6-8-29(9-7-14)22(32)15-2-3-15/h4-5,10,14-15,18-19H,2-3,6-9,12-13H2,1H3,(H,28,31)/t18-,19+/m0/s1. The molecular weight excluding hydrogens is 421 g/mol. The highest BCUT2D eigenvalue weighted by molar-refractivity contribution is 5.81. The molecule has 9 heteroatoms. The van der Waals surface area contributed by atoms with Gasteiger partial charge >= 0.3 is 6.18 Å². The second kappa shape index (κ2) is 8.64. The van der Waals surface area contributed by atoms with E-state index in [1.165, 1.54) is 12.1 Å². The van der Waals surface area contributed by atoms with Crippen LogP contribution in [0.1, 0.15) is 36.8 Å². The molecule has 2 heterocycles. The van der Waals surface area contributed by atoms with Gasteiger partial charge in [-0.25, -0.2) is 0 Å². The number of carbonyl (C=O) groups excluding carboxylic acids is 2. The van der Waals surface area contributed by atoms with Gasteiger partial charge in [-0.3, -0.25) is 9.59 Å². The summed E-state index contributed by atoms with van der Waals surface area (Å²) in [6.45, 7) is 2.15. The van der Waals surface area contributed by atoms with Crippen LogP contribution in [-0.2, 0) is 15.8 Å². The van der Waals surface area contributed by atoms with Crippen molar-refractivity contribution in [1.82, 2.24) is 10.2 Å². The molecule has 3 fully saturated rings. The van der Waals surface area contributed by atoms with E-state index >= 15 is 0 Å². The molecule has 0 radical (unpaired) electrons. The lowest BCUT2D eigenvalue weighted by atomic mass is 9.78. The molecule has 4 rings (SSSR count). The first-order chi connectivity index (χ1) is 15.2. The predicted molar refractivity (Wildman–Crippen MR) is 111 cm³/mol. The molecule has 1 aromatic carbocycles. The molecule has 1 aromatic rings. The van der Waals surface area contributed by atoms with Gasteiger partial charge in [0.1, 0.15) is 0 Å². The minimum atomic E-state index is -4.62. The van der Waals surface area contributed by atoms with E-state index in [2.05, 4.69) is 5.32 Å². The molecule has 0 unspecified atom stereocenters. The van der Waals surface area contributed by atoms with E-state index in [0.717, 1.165) is 31.7 Å². The number of benzene rings is 1. The number of alkyl halides is 3. The van der Waals surface area contributed by atoms with Crippen LogP contribution in [0.3, 0.4) is 0 Å². The topological polar surface area (TPSA) is 76.4 Å². The average molecular weight is 448 g/mol. The van der Waals surface area contributed by atoms with E-state index in [-0.39, 0.29) is 35.5 Å². The maximum Gasteiger partial charge on any atom is 0.417 e. The number of hydrogen-bond acceptors (Lipinski definition) is 4. The Balaban J connectivity index is 1.51. The van der Waals surface area contributed by atoms with Crippen LogP contribution in [0.4, 0.5) is 18.9 Å². The molecule has 172 valence electrons. The van der Waals surface area contributed by atoms with Crippen molar-refractivity contribution in [3.05, 3.63) is 29.3 Å². The first kappa shape index (κ1) is 22.4. The number of halogens is 3. The molecule has 1 saturated carbocycles. The third-order valence-electron chi connectivity index (χ3n) is 7.13. The summed E-state index contributed by atoms with van der Waals surface area (Å²) in [6.07, 6.45) is -1.09. The van der Waals surface area contributed by atoms with Crippen LogP contribution in [0.25, 0.3) is 0 Å². The third-order valence-corrected chi connectivity index (χ3v) is 7.13. The van der Waals surface area contributed by atoms with Gasteiger partial charge in [-0.15, -0.1) is 0 Å². The molecule has 0 spiro atoms. The van der Waals surface area contributed by atoms with Gasteiger partial charge in [0.15, 0.2) is 0 Å². The Morgan fingerprint density at radius 2 is 1.81 bits per heavy atom. The summed E-state index contributed by atoms with van der Waals surface area (Å²) >= 11 is 0. The van der Waals surface area contributed by atoms with Crippen molar-refractivity contribution < 1.29 is 22.8 Å². The molecule has 32 heavy (non-hydrogen) atoms. The second-order valence-corrected chi connectivity index (χ2v) is 9.07. The van der Waals surface area contributed by atoms with Crippen LogP contribution >= 0.6 is 0 Å². The Labute approximate surface area is 185 Å². The van der Waals surface area contributed by atoms with Crippen molar-refractivity contribution in [3.63, 3.8) is 0 Å². The number of likely N-dealkylation sites (tertiary alicyclic amines) is 1. The summed E-state index contributed by atoms with van der Waals surface area (Å²) in [7, 11) is 1.57. The number of anilines is 1. The van der Waals surface area contributed by atoms with Gasteiger partial charge < -0.3 is 15.1 Å². The first-order valence-electron chi connectivity index (χ1n) is 11.1. The summed E-state index contributed by atoms with van der Waals surface area (Å²) < 4.78 is 40.3. The van der Waals surface area contributed by atoms with Crippen molar-refractivity contribution in [3.8, 4) is 6.07 Å². The fourth-order valence-electron chi connectivity index (χ4n) is 5.18. The van der Waals surface area contributed by atoms with E-state index in [1.807, 2.05) is 9.80 Å². The summed E-state index contributed by atoms with van der Waals surface area (Å²) in [6, 6.07) is 5.34. The van der Waals surface area contributed by atoms with Crippen molar-refractivity contribution in [1.29, 1.82) is 5.26 Å². The highest BCUT2D eigenvalue weighted by atomic mass is 19.4. The van der Waals surface area contributed by atoms with Crippen molar-refractivity contribution >= 4 is 17.5 Å². The lowest BCUT2D eigenvalue weighted by Crippen LogP contribution is -2.43. The zero-order valence-corrected chi connectivity index (χ0v) is 18.0.